The number of aromatic nitrogens is 3. The third-order valence-electron chi connectivity index (χ3n) is 17.5. The average Bonchev–Trinajstić information content (AvgIpc) is 4.30. The second-order valence-electron chi connectivity index (χ2n) is 22.7. The van der Waals surface area contributed by atoms with Gasteiger partial charge < -0.3 is 54.3 Å². The Hall–Kier alpha value is -6.90. The van der Waals surface area contributed by atoms with Crippen molar-refractivity contribution in [3.8, 4) is 28.8 Å². The number of phenolic OH excluding ortho intramolecular Hbond substituents is 1. The van der Waals surface area contributed by atoms with Crippen molar-refractivity contribution in [3.63, 3.8) is 0 Å². The molecule has 440 valence electrons. The SMILES string of the molecule is C=CC(=O)N1CCN(c2nc(OCCN3CCC(OCCOCCOc4ccc(-c5csc([C@@H]6CCCN6C(=O)[C@@H](NC(=O)[C@H](C)NC)C6CCCCC6)n5)c5ccccc45)CC3)nc3c2CCN(c2cc(O)cc4ccccc24)C3)CC1. The lowest BCUT2D eigenvalue weighted by Gasteiger charge is -2.38. The number of likely N-dealkylation sites (tertiary alicyclic amines) is 2. The van der Waals surface area contributed by atoms with E-state index in [1.807, 2.05) is 59.2 Å². The number of benzene rings is 4. The van der Waals surface area contributed by atoms with Gasteiger partial charge in [-0.3, -0.25) is 19.3 Å². The first kappa shape index (κ1) is 57.9. The molecule has 19 heteroatoms. The molecule has 4 aliphatic heterocycles. The summed E-state index contributed by atoms with van der Waals surface area (Å²) in [5.74, 6) is 1.86. The molecule has 2 aromatic heterocycles. The molecule has 3 N–H and O–H groups in total. The van der Waals surface area contributed by atoms with E-state index in [4.69, 9.17) is 33.9 Å². The number of thiazole rings is 1. The van der Waals surface area contributed by atoms with Crippen molar-refractivity contribution in [2.24, 2.45) is 5.92 Å². The Morgan fingerprint density at radius 1 is 0.783 bits per heavy atom. The number of piperazine rings is 1. The van der Waals surface area contributed by atoms with Gasteiger partial charge in [-0.25, -0.2) is 4.98 Å². The summed E-state index contributed by atoms with van der Waals surface area (Å²) in [4.78, 5) is 65.9. The zero-order chi connectivity index (χ0) is 57.2. The van der Waals surface area contributed by atoms with Crippen LogP contribution in [0.25, 0.3) is 32.8 Å². The van der Waals surface area contributed by atoms with Crippen LogP contribution in [-0.4, -0.2) is 170 Å². The van der Waals surface area contributed by atoms with Gasteiger partial charge in [0.25, 0.3) is 0 Å². The molecule has 0 bridgehead atoms. The Balaban J connectivity index is 0.629. The van der Waals surface area contributed by atoms with Crippen molar-refractivity contribution in [1.82, 2.24) is 40.3 Å². The number of hydrogen-bond donors (Lipinski definition) is 3. The molecule has 11 rings (SSSR count). The van der Waals surface area contributed by atoms with Gasteiger partial charge in [-0.05, 0) is 99.9 Å². The number of nitrogens with one attached hydrogen (secondary N) is 2. The average molecular weight is 1150 g/mol. The monoisotopic (exact) mass is 1150 g/mol. The van der Waals surface area contributed by atoms with Crippen LogP contribution < -0.4 is 29.9 Å². The summed E-state index contributed by atoms with van der Waals surface area (Å²) in [6.07, 6.45) is 11.1. The summed E-state index contributed by atoms with van der Waals surface area (Å²) in [5, 5.41) is 24.0. The first-order valence-corrected chi connectivity index (χ1v) is 31.0. The van der Waals surface area contributed by atoms with Crippen LogP contribution >= 0.6 is 11.3 Å². The van der Waals surface area contributed by atoms with E-state index < -0.39 is 6.04 Å². The topological polar surface area (TPSA) is 187 Å². The number of ether oxygens (including phenoxy) is 4. The first-order chi connectivity index (χ1) is 40.6. The van der Waals surface area contributed by atoms with Crippen molar-refractivity contribution < 1.29 is 38.4 Å². The Kier molecular flexibility index (Phi) is 19.0. The summed E-state index contributed by atoms with van der Waals surface area (Å²) in [6.45, 7) is 14.8. The van der Waals surface area contributed by atoms with E-state index in [0.29, 0.717) is 78.3 Å². The van der Waals surface area contributed by atoms with Gasteiger partial charge in [0.15, 0.2) is 0 Å². The van der Waals surface area contributed by atoms with E-state index in [0.717, 1.165) is 150 Å². The van der Waals surface area contributed by atoms with E-state index in [2.05, 4.69) is 61.6 Å². The van der Waals surface area contributed by atoms with Crippen LogP contribution in [0.4, 0.5) is 11.5 Å². The van der Waals surface area contributed by atoms with Crippen LogP contribution in [0.2, 0.25) is 0 Å². The molecular weight excluding hydrogens is 1070 g/mol. The Morgan fingerprint density at radius 2 is 1.55 bits per heavy atom. The number of piperidine rings is 1. The smallest absolute Gasteiger partial charge is 0.318 e. The van der Waals surface area contributed by atoms with Crippen molar-refractivity contribution in [1.29, 1.82) is 0 Å². The molecule has 83 heavy (non-hydrogen) atoms. The minimum absolute atomic E-state index is 0.0179. The number of phenols is 1. The second-order valence-corrected chi connectivity index (χ2v) is 23.6. The summed E-state index contributed by atoms with van der Waals surface area (Å²) < 4.78 is 25.0. The molecule has 0 unspecified atom stereocenters. The number of amides is 3. The molecule has 6 heterocycles. The van der Waals surface area contributed by atoms with E-state index in [-0.39, 0.29) is 47.6 Å². The van der Waals surface area contributed by atoms with Crippen molar-refractivity contribution >= 4 is 62.1 Å². The number of likely N-dealkylation sites (N-methyl/N-ethyl adjacent to an activating group) is 1. The highest BCUT2D eigenvalue weighted by molar-refractivity contribution is 7.10. The van der Waals surface area contributed by atoms with Gasteiger partial charge in [0.1, 0.15) is 41.6 Å². The molecule has 5 aliphatic rings. The van der Waals surface area contributed by atoms with Crippen LogP contribution in [0.1, 0.15) is 87.0 Å². The fraction of sp³-hybridized carbons (Fsp3) is 0.500. The van der Waals surface area contributed by atoms with E-state index in [9.17, 15) is 19.5 Å². The van der Waals surface area contributed by atoms with Gasteiger partial charge in [-0.15, -0.1) is 11.3 Å². The van der Waals surface area contributed by atoms with E-state index in [1.54, 1.807) is 24.5 Å². The molecular formula is C64H80N10O8S. The van der Waals surface area contributed by atoms with E-state index in [1.165, 1.54) is 12.5 Å². The largest absolute Gasteiger partial charge is 0.508 e. The molecule has 1 aliphatic carbocycles. The predicted molar refractivity (Wildman–Crippen MR) is 324 cm³/mol. The summed E-state index contributed by atoms with van der Waals surface area (Å²) in [5.41, 5.74) is 4.88. The predicted octanol–water partition coefficient (Wildman–Crippen LogP) is 8.30. The molecule has 1 saturated carbocycles. The molecule has 3 atom stereocenters. The number of carbonyl (C=O) groups excluding carboxylic acids is 3. The van der Waals surface area contributed by atoms with Crippen LogP contribution in [0.3, 0.4) is 0 Å². The number of hydrogen-bond acceptors (Lipinski definition) is 16. The van der Waals surface area contributed by atoms with Gasteiger partial charge in [0, 0.05) is 97.9 Å². The maximum atomic E-state index is 14.4. The van der Waals surface area contributed by atoms with Gasteiger partial charge >= 0.3 is 6.01 Å². The highest BCUT2D eigenvalue weighted by Crippen LogP contribution is 2.41. The minimum atomic E-state index is -0.531. The van der Waals surface area contributed by atoms with Crippen LogP contribution in [-0.2, 0) is 36.8 Å². The Morgan fingerprint density at radius 3 is 2.35 bits per heavy atom. The molecule has 0 radical (unpaired) electrons. The lowest BCUT2D eigenvalue weighted by Crippen LogP contribution is -2.55. The molecule has 18 nitrogen and oxygen atoms in total. The Bertz CT molecular complexity index is 3230. The summed E-state index contributed by atoms with van der Waals surface area (Å²) in [7, 11) is 1.77. The zero-order valence-corrected chi connectivity index (χ0v) is 49.0. The van der Waals surface area contributed by atoms with Crippen LogP contribution in [0, 0.1) is 5.92 Å². The third kappa shape index (κ3) is 13.5. The number of anilines is 2. The van der Waals surface area contributed by atoms with Gasteiger partial charge in [0.2, 0.25) is 17.7 Å². The molecule has 4 aromatic carbocycles. The fourth-order valence-corrected chi connectivity index (χ4v) is 13.8. The first-order valence-electron chi connectivity index (χ1n) is 30.1. The standard InChI is InChI=1S/C64H80N10O8S/c1-4-58(76)71-29-31-72(32-30-71)60-52-24-28-73(56-40-46(75)39-45-15-8-9-16-48(45)56)41-53(52)67-64(69-60)82-34-33-70-26-22-47(23-27-70)80-37-35-79-36-38-81-57-21-20-50(49-17-10-11-18-51(49)57)54-42-83-62(66-54)55-19-12-25-74(55)63(78)59(44-13-6-5-7-14-44)68-61(77)43(2)65-3/h4,8-11,15-18,20-21,39-40,42-44,47,55,59,65,75H,1,5-7,12-14,19,22-38,41H2,2-3H3,(H,68,77)/t43-,55-,59-/m0/s1. The lowest BCUT2D eigenvalue weighted by atomic mass is 9.83. The summed E-state index contributed by atoms with van der Waals surface area (Å²) >= 11 is 1.60. The normalized spacial score (nSPS) is 19.0. The highest BCUT2D eigenvalue weighted by Gasteiger charge is 2.40. The molecule has 3 saturated heterocycles. The number of nitrogens with zero attached hydrogens (tertiary/aromatic N) is 8. The van der Waals surface area contributed by atoms with Gasteiger partial charge in [-0.2, -0.15) is 9.97 Å². The number of fused-ring (bicyclic) bond motifs is 3. The van der Waals surface area contributed by atoms with Crippen LogP contribution in [0.15, 0.2) is 90.8 Å². The van der Waals surface area contributed by atoms with E-state index >= 15 is 0 Å². The molecule has 3 amide bonds. The summed E-state index contributed by atoms with van der Waals surface area (Å²) in [6, 6.07) is 23.4. The van der Waals surface area contributed by atoms with Gasteiger partial charge in [-0.1, -0.05) is 74.4 Å². The second kappa shape index (κ2) is 27.2. The maximum Gasteiger partial charge on any atom is 0.318 e. The number of aromatic hydroxyl groups is 1. The quantitative estimate of drug-likeness (QED) is 0.0435. The number of rotatable bonds is 22. The number of carbonyl (C=O) groups is 3. The van der Waals surface area contributed by atoms with Crippen LogP contribution in [0.5, 0.6) is 17.5 Å². The van der Waals surface area contributed by atoms with Gasteiger partial charge in [0.05, 0.1) is 55.9 Å². The van der Waals surface area contributed by atoms with Crippen molar-refractivity contribution in [2.75, 3.05) is 109 Å². The molecule has 6 aromatic rings. The molecule has 0 spiro atoms. The minimum Gasteiger partial charge on any atom is -0.508 e. The Labute approximate surface area is 491 Å². The highest BCUT2D eigenvalue weighted by atomic mass is 32.1. The van der Waals surface area contributed by atoms with Crippen molar-refractivity contribution in [2.45, 2.75) is 102 Å². The lowest BCUT2D eigenvalue weighted by molar-refractivity contribution is -0.139. The zero-order valence-electron chi connectivity index (χ0n) is 48.1. The molecule has 4 fully saturated rings. The third-order valence-corrected chi connectivity index (χ3v) is 18.5. The maximum absolute atomic E-state index is 14.4. The fourth-order valence-electron chi connectivity index (χ4n) is 12.8. The van der Waals surface area contributed by atoms with Crippen molar-refractivity contribution in [3.05, 3.63) is 107 Å².